The molecule has 10 heteroatoms. The molecular weight excluding hydrogens is 374 g/mol. The Balaban J connectivity index is 2.31. The number of nitrogens with one attached hydrogen (secondary N) is 1. The summed E-state index contributed by atoms with van der Waals surface area (Å²) in [5.74, 6) is -0.694. The molecule has 0 amide bonds. The molecule has 2 rings (SSSR count). The van der Waals surface area contributed by atoms with E-state index in [1.807, 2.05) is 6.92 Å². The Morgan fingerprint density at radius 1 is 1.30 bits per heavy atom. The van der Waals surface area contributed by atoms with Gasteiger partial charge in [0, 0.05) is 11.6 Å². The highest BCUT2D eigenvalue weighted by Crippen LogP contribution is 2.36. The average molecular weight is 393 g/mol. The van der Waals surface area contributed by atoms with Gasteiger partial charge in [0.2, 0.25) is 5.75 Å². The van der Waals surface area contributed by atoms with Gasteiger partial charge in [-0.1, -0.05) is 17.7 Å². The summed E-state index contributed by atoms with van der Waals surface area (Å²) in [4.78, 5) is 12.4. The number of hydrogen-bond donors (Lipinski definition) is 2. The number of aryl methyl sites for hydroxylation is 2. The van der Waals surface area contributed by atoms with E-state index in [1.165, 1.54) is 12.1 Å². The third-order valence-corrected chi connectivity index (χ3v) is 4.96. The number of nitrogens with zero attached hydrogens (tertiary/aromatic N) is 2. The fraction of sp³-hybridized carbons (Fsp3) is 0.235. The van der Waals surface area contributed by atoms with Gasteiger partial charge in [-0.15, -0.1) is 0 Å². The molecular formula is C17H19N3O6S. The molecule has 0 aromatic heterocycles. The summed E-state index contributed by atoms with van der Waals surface area (Å²) >= 11 is 0. The Labute approximate surface area is 156 Å². The zero-order valence-corrected chi connectivity index (χ0v) is 15.8. The van der Waals surface area contributed by atoms with Crippen LogP contribution >= 0.6 is 0 Å². The van der Waals surface area contributed by atoms with Crippen LogP contribution < -0.4 is 9.57 Å². The van der Waals surface area contributed by atoms with E-state index in [0.29, 0.717) is 5.56 Å². The number of nitro groups is 1. The van der Waals surface area contributed by atoms with E-state index < -0.39 is 26.4 Å². The summed E-state index contributed by atoms with van der Waals surface area (Å²) in [5.41, 5.74) is 1.11. The first-order valence-electron chi connectivity index (χ1n) is 7.92. The smallest absolute Gasteiger partial charge is 0.315 e. The van der Waals surface area contributed by atoms with Gasteiger partial charge in [0.15, 0.2) is 5.75 Å². The van der Waals surface area contributed by atoms with E-state index in [4.69, 9.17) is 4.74 Å². The van der Waals surface area contributed by atoms with Crippen molar-refractivity contribution in [3.63, 3.8) is 0 Å². The first-order valence-corrected chi connectivity index (χ1v) is 9.40. The fourth-order valence-corrected chi connectivity index (χ4v) is 3.43. The van der Waals surface area contributed by atoms with Gasteiger partial charge in [-0.3, -0.25) is 10.1 Å². The second-order valence-corrected chi connectivity index (χ2v) is 7.33. The van der Waals surface area contributed by atoms with Gasteiger partial charge < -0.3 is 9.84 Å². The highest BCUT2D eigenvalue weighted by molar-refractivity contribution is 7.89. The van der Waals surface area contributed by atoms with E-state index >= 15 is 0 Å². The first kappa shape index (κ1) is 20.2. The summed E-state index contributed by atoms with van der Waals surface area (Å²) in [6, 6.07) is 7.26. The molecule has 27 heavy (non-hydrogen) atoms. The van der Waals surface area contributed by atoms with Crippen molar-refractivity contribution in [3.8, 4) is 11.5 Å². The molecule has 0 atom stereocenters. The Morgan fingerprint density at radius 2 is 2.00 bits per heavy atom. The molecule has 2 N–H and O–H groups in total. The number of ether oxygens (including phenoxy) is 1. The Morgan fingerprint density at radius 3 is 2.59 bits per heavy atom. The number of benzene rings is 2. The van der Waals surface area contributed by atoms with Gasteiger partial charge in [-0.25, -0.2) is 4.83 Å². The lowest BCUT2D eigenvalue weighted by molar-refractivity contribution is -0.386. The van der Waals surface area contributed by atoms with Gasteiger partial charge in [0.25, 0.3) is 10.0 Å². The second-order valence-electron chi connectivity index (χ2n) is 5.70. The van der Waals surface area contributed by atoms with Crippen molar-refractivity contribution in [2.75, 3.05) is 6.61 Å². The monoisotopic (exact) mass is 393 g/mol. The van der Waals surface area contributed by atoms with Crippen LogP contribution in [-0.4, -0.2) is 31.3 Å². The van der Waals surface area contributed by atoms with Gasteiger partial charge in [-0.2, -0.15) is 13.5 Å². The molecule has 0 heterocycles. The Hall–Kier alpha value is -3.14. The largest absolute Gasteiger partial charge is 0.500 e. The van der Waals surface area contributed by atoms with Crippen LogP contribution in [0.4, 0.5) is 5.69 Å². The van der Waals surface area contributed by atoms with Crippen LogP contribution in [0.15, 0.2) is 40.3 Å². The fourth-order valence-electron chi connectivity index (χ4n) is 2.41. The Kier molecular flexibility index (Phi) is 6.01. The van der Waals surface area contributed by atoms with Crippen molar-refractivity contribution in [2.24, 2.45) is 5.10 Å². The van der Waals surface area contributed by atoms with Crippen LogP contribution in [0.25, 0.3) is 0 Å². The first-order chi connectivity index (χ1) is 12.7. The second kappa shape index (κ2) is 8.04. The minimum absolute atomic E-state index is 0.0805. The highest BCUT2D eigenvalue weighted by atomic mass is 32.2. The molecule has 0 spiro atoms. The lowest BCUT2D eigenvalue weighted by atomic mass is 10.2. The summed E-state index contributed by atoms with van der Waals surface area (Å²) in [7, 11) is -3.90. The highest BCUT2D eigenvalue weighted by Gasteiger charge is 2.20. The normalized spacial score (nSPS) is 11.5. The molecule has 2 aromatic rings. The van der Waals surface area contributed by atoms with Crippen molar-refractivity contribution in [1.82, 2.24) is 4.83 Å². The average Bonchev–Trinajstić information content (AvgIpc) is 2.56. The van der Waals surface area contributed by atoms with E-state index in [2.05, 4.69) is 9.93 Å². The molecule has 9 nitrogen and oxygen atoms in total. The number of phenolic OH excluding ortho intramolecular Hbond substituents is 1. The maximum atomic E-state index is 12.4. The molecule has 0 bridgehead atoms. The summed E-state index contributed by atoms with van der Waals surface area (Å²) in [6.45, 7) is 5.36. The molecule has 0 saturated carbocycles. The summed E-state index contributed by atoms with van der Waals surface area (Å²) in [5, 5.41) is 24.6. The third kappa shape index (κ3) is 4.73. The molecule has 0 unspecified atom stereocenters. The number of aromatic hydroxyl groups is 1. The molecule has 0 saturated heterocycles. The van der Waals surface area contributed by atoms with Crippen LogP contribution in [0, 0.1) is 24.0 Å². The van der Waals surface area contributed by atoms with E-state index in [1.54, 1.807) is 26.0 Å². The van der Waals surface area contributed by atoms with E-state index in [9.17, 15) is 23.6 Å². The van der Waals surface area contributed by atoms with Crippen molar-refractivity contribution < 1.29 is 23.2 Å². The van der Waals surface area contributed by atoms with Crippen LogP contribution in [-0.2, 0) is 10.0 Å². The zero-order chi connectivity index (χ0) is 20.2. The predicted octanol–water partition coefficient (Wildman–Crippen LogP) is 2.63. The minimum atomic E-state index is -3.90. The Bertz CT molecular complexity index is 1000. The quantitative estimate of drug-likeness (QED) is 0.422. The number of hydrogen-bond acceptors (Lipinski definition) is 7. The molecule has 0 fully saturated rings. The molecule has 0 aliphatic carbocycles. The van der Waals surface area contributed by atoms with Gasteiger partial charge >= 0.3 is 5.69 Å². The molecule has 0 aliphatic rings. The lowest BCUT2D eigenvalue weighted by Crippen LogP contribution is -2.19. The SMILES string of the molecule is CCOc1cc(/C=N/NS(=O)(=O)c2ccc(C)cc2C)cc([N+](=O)[O-])c1O. The van der Waals surface area contributed by atoms with Gasteiger partial charge in [-0.05, 0) is 38.5 Å². The number of hydrazone groups is 1. The summed E-state index contributed by atoms with van der Waals surface area (Å²) in [6.07, 6.45) is 1.09. The van der Waals surface area contributed by atoms with Crippen LogP contribution in [0.5, 0.6) is 11.5 Å². The number of sulfonamides is 1. The molecule has 144 valence electrons. The maximum Gasteiger partial charge on any atom is 0.315 e. The van der Waals surface area contributed by atoms with E-state index in [-0.39, 0.29) is 22.8 Å². The summed E-state index contributed by atoms with van der Waals surface area (Å²) < 4.78 is 29.9. The predicted molar refractivity (Wildman–Crippen MR) is 99.8 cm³/mol. The zero-order valence-electron chi connectivity index (χ0n) is 15.0. The number of nitro benzene ring substituents is 1. The molecule has 0 radical (unpaired) electrons. The number of phenols is 1. The molecule has 2 aromatic carbocycles. The minimum Gasteiger partial charge on any atom is -0.500 e. The standard InChI is InChI=1S/C17H19N3O6S/c1-4-26-15-9-13(8-14(17(15)21)20(22)23)10-18-19-27(24,25)16-6-5-11(2)7-12(16)3/h5-10,19,21H,4H2,1-3H3/b18-10+. The topological polar surface area (TPSA) is 131 Å². The van der Waals surface area contributed by atoms with Gasteiger partial charge in [0.1, 0.15) is 0 Å². The van der Waals surface area contributed by atoms with Gasteiger partial charge in [0.05, 0.1) is 22.6 Å². The van der Waals surface area contributed by atoms with Crippen LogP contribution in [0.2, 0.25) is 0 Å². The van der Waals surface area contributed by atoms with Crippen LogP contribution in [0.1, 0.15) is 23.6 Å². The van der Waals surface area contributed by atoms with Crippen molar-refractivity contribution in [3.05, 3.63) is 57.1 Å². The van der Waals surface area contributed by atoms with Crippen molar-refractivity contribution in [1.29, 1.82) is 0 Å². The molecule has 0 aliphatic heterocycles. The van der Waals surface area contributed by atoms with Crippen molar-refractivity contribution in [2.45, 2.75) is 25.7 Å². The lowest BCUT2D eigenvalue weighted by Gasteiger charge is -2.08. The van der Waals surface area contributed by atoms with Crippen LogP contribution in [0.3, 0.4) is 0 Å². The third-order valence-electron chi connectivity index (χ3n) is 3.58. The maximum absolute atomic E-state index is 12.4. The number of rotatable bonds is 7. The van der Waals surface area contributed by atoms with E-state index in [0.717, 1.165) is 17.8 Å². The van der Waals surface area contributed by atoms with Crippen molar-refractivity contribution >= 4 is 21.9 Å².